The summed E-state index contributed by atoms with van der Waals surface area (Å²) in [6.07, 6.45) is 2.28. The first-order valence-electron chi connectivity index (χ1n) is 8.03. The van der Waals surface area contributed by atoms with E-state index >= 15 is 0 Å². The number of Topliss-reactive ketones (excluding diaryl/α,β-unsaturated/α-hetero) is 1. The number of halogens is 1. The second-order valence-electron chi connectivity index (χ2n) is 6.11. The van der Waals surface area contributed by atoms with Crippen LogP contribution in [0.4, 0.5) is 5.95 Å². The zero-order chi connectivity index (χ0) is 17.6. The minimum atomic E-state index is -0.402. The first-order chi connectivity index (χ1) is 12.1. The van der Waals surface area contributed by atoms with Gasteiger partial charge in [-0.1, -0.05) is 22.0 Å². The Balaban J connectivity index is 1.91. The van der Waals surface area contributed by atoms with Crippen LogP contribution >= 0.6 is 15.9 Å². The van der Waals surface area contributed by atoms with Crippen LogP contribution in [-0.2, 0) is 18.3 Å². The highest BCUT2D eigenvalue weighted by Gasteiger charge is 2.35. The summed E-state index contributed by atoms with van der Waals surface area (Å²) in [5.41, 5.74) is 8.86. The predicted octanol–water partition coefficient (Wildman–Crippen LogP) is 1.75. The lowest BCUT2D eigenvalue weighted by molar-refractivity contribution is -0.118. The lowest BCUT2D eigenvalue weighted by Crippen LogP contribution is -2.17. The average Bonchev–Trinajstić information content (AvgIpc) is 3.10. The lowest BCUT2D eigenvalue weighted by Gasteiger charge is -2.13. The van der Waals surface area contributed by atoms with Gasteiger partial charge in [-0.2, -0.15) is 10.1 Å². The third kappa shape index (κ3) is 2.81. The number of carbonyl (C=O) groups excluding carboxylic acids is 1. The van der Waals surface area contributed by atoms with Crippen molar-refractivity contribution in [3.8, 4) is 0 Å². The fourth-order valence-corrected chi connectivity index (χ4v) is 3.66. The van der Waals surface area contributed by atoms with E-state index in [1.165, 1.54) is 0 Å². The zero-order valence-corrected chi connectivity index (χ0v) is 15.2. The molecule has 0 radical (unpaired) electrons. The van der Waals surface area contributed by atoms with E-state index in [-0.39, 0.29) is 5.78 Å². The Morgan fingerprint density at radius 3 is 3.04 bits per heavy atom. The highest BCUT2D eigenvalue weighted by Crippen LogP contribution is 2.38. The Hall–Kier alpha value is -2.32. The number of nitrogens with two attached hydrogens (primary N) is 1. The van der Waals surface area contributed by atoms with Crippen molar-refractivity contribution in [1.82, 2.24) is 19.7 Å². The average molecular weight is 401 g/mol. The van der Waals surface area contributed by atoms with Gasteiger partial charge in [-0.25, -0.2) is 4.98 Å². The molecule has 8 heteroatoms. The molecule has 3 aromatic rings. The van der Waals surface area contributed by atoms with E-state index in [0.717, 1.165) is 21.0 Å². The van der Waals surface area contributed by atoms with Crippen LogP contribution in [0, 0.1) is 0 Å². The molecule has 1 aromatic carbocycles. The zero-order valence-electron chi connectivity index (χ0n) is 13.7. The maximum atomic E-state index is 12.8. The van der Waals surface area contributed by atoms with Crippen molar-refractivity contribution in [1.29, 1.82) is 0 Å². The molecule has 0 saturated carbocycles. The summed E-state index contributed by atoms with van der Waals surface area (Å²) in [4.78, 5) is 21.9. The van der Waals surface area contributed by atoms with Crippen molar-refractivity contribution in [3.05, 3.63) is 45.7 Å². The Morgan fingerprint density at radius 2 is 2.24 bits per heavy atom. The van der Waals surface area contributed by atoms with Gasteiger partial charge in [-0.3, -0.25) is 9.48 Å². The van der Waals surface area contributed by atoms with Gasteiger partial charge in [0.25, 0.3) is 0 Å². The van der Waals surface area contributed by atoms with Crippen LogP contribution in [0.25, 0.3) is 11.0 Å². The van der Waals surface area contributed by atoms with E-state index in [9.17, 15) is 4.79 Å². The minimum absolute atomic E-state index is 0.140. The quantitative estimate of drug-likeness (QED) is 0.691. The molecule has 0 amide bonds. The van der Waals surface area contributed by atoms with E-state index in [2.05, 4.69) is 36.3 Å². The Kier molecular flexibility index (Phi) is 4.01. The molecule has 4 rings (SSSR count). The van der Waals surface area contributed by atoms with Crippen LogP contribution in [0.5, 0.6) is 0 Å². The number of nitrogens with one attached hydrogen (secondary N) is 1. The summed E-state index contributed by atoms with van der Waals surface area (Å²) in [6, 6.07) is 5.96. The molecule has 2 heterocycles. The van der Waals surface area contributed by atoms with E-state index in [4.69, 9.17) is 5.73 Å². The van der Waals surface area contributed by atoms with Crippen molar-refractivity contribution in [3.63, 3.8) is 0 Å². The minimum Gasteiger partial charge on any atom is -0.353 e. The fourth-order valence-electron chi connectivity index (χ4n) is 3.28. The number of benzene rings is 1. The molecule has 25 heavy (non-hydrogen) atoms. The molecule has 1 aliphatic rings. The third-order valence-electron chi connectivity index (χ3n) is 4.33. The highest BCUT2D eigenvalue weighted by atomic mass is 79.9. The topological polar surface area (TPSA) is 98.7 Å². The van der Waals surface area contributed by atoms with Crippen LogP contribution in [-0.4, -0.2) is 38.6 Å². The van der Waals surface area contributed by atoms with Gasteiger partial charge >= 0.3 is 0 Å². The van der Waals surface area contributed by atoms with Crippen LogP contribution in [0.1, 0.15) is 22.7 Å². The first kappa shape index (κ1) is 16.2. The molecule has 1 atom stereocenters. The molecule has 2 aromatic heterocycles. The molecule has 3 N–H and O–H groups in total. The van der Waals surface area contributed by atoms with Crippen molar-refractivity contribution < 1.29 is 4.79 Å². The Bertz CT molecular complexity index is 983. The standard InChI is InChI=1S/C17H17BrN6O/c1-24-8-12-15(21-17(20-5-4-19)22-16(12)23-24)14-11-7-10(18)3-2-9(11)6-13(14)25/h2-3,7-8,14H,4-6,19H2,1H3,(H,20,22,23). The number of nitrogens with zero attached hydrogens (tertiary/aromatic N) is 4. The molecular weight excluding hydrogens is 384 g/mol. The molecule has 1 aliphatic carbocycles. The highest BCUT2D eigenvalue weighted by molar-refractivity contribution is 9.10. The number of fused-ring (bicyclic) bond motifs is 2. The lowest BCUT2D eigenvalue weighted by atomic mass is 9.95. The normalized spacial score (nSPS) is 16.4. The molecule has 128 valence electrons. The Labute approximate surface area is 152 Å². The number of aryl methyl sites for hydroxylation is 1. The second-order valence-corrected chi connectivity index (χ2v) is 7.02. The number of hydrogen-bond donors (Lipinski definition) is 2. The van der Waals surface area contributed by atoms with Crippen molar-refractivity contribution >= 4 is 38.7 Å². The van der Waals surface area contributed by atoms with Gasteiger partial charge in [0.15, 0.2) is 11.4 Å². The number of hydrogen-bond acceptors (Lipinski definition) is 6. The van der Waals surface area contributed by atoms with Crippen molar-refractivity contribution in [2.75, 3.05) is 18.4 Å². The van der Waals surface area contributed by atoms with E-state index in [1.54, 1.807) is 4.68 Å². The van der Waals surface area contributed by atoms with Crippen molar-refractivity contribution in [2.45, 2.75) is 12.3 Å². The van der Waals surface area contributed by atoms with Gasteiger partial charge in [0, 0.05) is 37.2 Å². The van der Waals surface area contributed by atoms with E-state index in [0.29, 0.717) is 36.8 Å². The van der Waals surface area contributed by atoms with Gasteiger partial charge in [0.05, 0.1) is 17.0 Å². The van der Waals surface area contributed by atoms with Crippen LogP contribution in [0.15, 0.2) is 28.9 Å². The number of rotatable bonds is 4. The van der Waals surface area contributed by atoms with Gasteiger partial charge in [0.2, 0.25) is 5.95 Å². The number of aromatic nitrogens is 4. The predicted molar refractivity (Wildman–Crippen MR) is 98.5 cm³/mol. The number of carbonyl (C=O) groups is 1. The molecule has 7 nitrogen and oxygen atoms in total. The Morgan fingerprint density at radius 1 is 1.40 bits per heavy atom. The van der Waals surface area contributed by atoms with Crippen LogP contribution in [0.2, 0.25) is 0 Å². The van der Waals surface area contributed by atoms with E-state index < -0.39 is 5.92 Å². The summed E-state index contributed by atoms with van der Waals surface area (Å²) < 4.78 is 2.64. The van der Waals surface area contributed by atoms with E-state index in [1.807, 2.05) is 31.4 Å². The monoisotopic (exact) mass is 400 g/mol. The second kappa shape index (κ2) is 6.20. The number of ketones is 1. The molecule has 0 fully saturated rings. The van der Waals surface area contributed by atoms with Crippen LogP contribution in [0.3, 0.4) is 0 Å². The SMILES string of the molecule is Cn1cc2c(C3C(=O)Cc4ccc(Br)cc43)nc(NCCN)nc2n1. The van der Waals surface area contributed by atoms with Gasteiger partial charge in [-0.15, -0.1) is 0 Å². The summed E-state index contributed by atoms with van der Waals surface area (Å²) in [6.45, 7) is 1.02. The summed E-state index contributed by atoms with van der Waals surface area (Å²) in [5, 5.41) is 8.28. The summed E-state index contributed by atoms with van der Waals surface area (Å²) in [5.74, 6) is 0.185. The maximum Gasteiger partial charge on any atom is 0.225 e. The third-order valence-corrected chi connectivity index (χ3v) is 4.82. The maximum absolute atomic E-state index is 12.8. The number of anilines is 1. The molecule has 0 spiro atoms. The summed E-state index contributed by atoms with van der Waals surface area (Å²) >= 11 is 3.50. The van der Waals surface area contributed by atoms with Gasteiger partial charge in [0.1, 0.15) is 0 Å². The molecule has 0 bridgehead atoms. The summed E-state index contributed by atoms with van der Waals surface area (Å²) in [7, 11) is 1.83. The van der Waals surface area contributed by atoms with Crippen molar-refractivity contribution in [2.24, 2.45) is 12.8 Å². The molecule has 1 unspecified atom stereocenters. The fraction of sp³-hybridized carbons (Fsp3) is 0.294. The largest absolute Gasteiger partial charge is 0.353 e. The van der Waals surface area contributed by atoms with Crippen LogP contribution < -0.4 is 11.1 Å². The molecular formula is C17H17BrN6O. The molecule has 0 aliphatic heterocycles. The smallest absolute Gasteiger partial charge is 0.225 e. The first-order valence-corrected chi connectivity index (χ1v) is 8.82. The van der Waals surface area contributed by atoms with Gasteiger partial charge in [-0.05, 0) is 23.3 Å². The van der Waals surface area contributed by atoms with Gasteiger partial charge < -0.3 is 11.1 Å². The molecule has 0 saturated heterocycles.